The number of nitrogens with one attached hydrogen (secondary N) is 1. The number of ether oxygens (including phenoxy) is 3. The number of methoxy groups -OCH3 is 3. The first-order valence-electron chi connectivity index (χ1n) is 6.96. The largest absolute Gasteiger partial charge is 0.493 e. The summed E-state index contributed by atoms with van der Waals surface area (Å²) in [6, 6.07) is 4.10. The van der Waals surface area contributed by atoms with Gasteiger partial charge in [-0.1, -0.05) is 19.0 Å². The van der Waals surface area contributed by atoms with E-state index in [-0.39, 0.29) is 5.92 Å². The second kappa shape index (κ2) is 7.02. The summed E-state index contributed by atoms with van der Waals surface area (Å²) >= 11 is 0. The van der Waals surface area contributed by atoms with Crippen molar-refractivity contribution in [3.05, 3.63) is 23.5 Å². The second-order valence-corrected chi connectivity index (χ2v) is 4.96. The zero-order valence-electron chi connectivity index (χ0n) is 13.5. The Kier molecular flexibility index (Phi) is 5.08. The third kappa shape index (κ3) is 3.24. The molecular weight excluding hydrogens is 286 g/mol. The molecule has 0 spiro atoms. The zero-order valence-corrected chi connectivity index (χ0v) is 13.5. The highest BCUT2D eigenvalue weighted by molar-refractivity contribution is 5.56. The zero-order chi connectivity index (χ0) is 16.1. The van der Waals surface area contributed by atoms with E-state index in [2.05, 4.69) is 15.5 Å². The Labute approximate surface area is 129 Å². The van der Waals surface area contributed by atoms with Crippen LogP contribution in [0.4, 0.5) is 6.01 Å². The third-order valence-corrected chi connectivity index (χ3v) is 3.17. The van der Waals surface area contributed by atoms with Gasteiger partial charge in [0.05, 0.1) is 21.3 Å². The molecule has 1 aromatic heterocycles. The van der Waals surface area contributed by atoms with E-state index in [1.165, 1.54) is 0 Å². The standard InChI is InChI=1S/C15H21N3O4/c1-9(2)14-17-15(22-18-14)16-8-10-6-7-11(19-3)13(21-5)12(10)20-4/h6-7,9H,8H2,1-5H3,(H,16,17,18). The third-order valence-electron chi connectivity index (χ3n) is 3.17. The summed E-state index contributed by atoms with van der Waals surface area (Å²) in [5.74, 6) is 2.66. The van der Waals surface area contributed by atoms with Crippen molar-refractivity contribution in [1.29, 1.82) is 0 Å². The molecule has 0 fully saturated rings. The molecule has 0 aliphatic heterocycles. The average Bonchev–Trinajstić information content (AvgIpc) is 3.00. The smallest absolute Gasteiger partial charge is 0.321 e. The predicted molar refractivity (Wildman–Crippen MR) is 81.8 cm³/mol. The van der Waals surface area contributed by atoms with E-state index in [1.54, 1.807) is 21.3 Å². The number of aromatic nitrogens is 2. The maximum absolute atomic E-state index is 5.43. The van der Waals surface area contributed by atoms with Crippen molar-refractivity contribution in [3.63, 3.8) is 0 Å². The molecule has 2 rings (SSSR count). The molecule has 0 aliphatic carbocycles. The van der Waals surface area contributed by atoms with Crippen LogP contribution in [0.5, 0.6) is 17.2 Å². The highest BCUT2D eigenvalue weighted by atomic mass is 16.5. The minimum atomic E-state index is 0.218. The molecule has 7 heteroatoms. The summed E-state index contributed by atoms with van der Waals surface area (Å²) in [5.41, 5.74) is 0.893. The lowest BCUT2D eigenvalue weighted by atomic mass is 10.1. The van der Waals surface area contributed by atoms with Gasteiger partial charge in [0.15, 0.2) is 17.3 Å². The van der Waals surface area contributed by atoms with Gasteiger partial charge in [-0.15, -0.1) is 0 Å². The van der Waals surface area contributed by atoms with Crippen LogP contribution in [0, 0.1) is 0 Å². The molecule has 0 unspecified atom stereocenters. The quantitative estimate of drug-likeness (QED) is 0.842. The summed E-state index contributed by atoms with van der Waals surface area (Å²) < 4.78 is 21.2. The molecule has 2 aromatic rings. The van der Waals surface area contributed by atoms with Crippen molar-refractivity contribution in [3.8, 4) is 17.2 Å². The van der Waals surface area contributed by atoms with Gasteiger partial charge in [0.2, 0.25) is 5.75 Å². The fourth-order valence-corrected chi connectivity index (χ4v) is 2.01. The van der Waals surface area contributed by atoms with Crippen LogP contribution in [-0.2, 0) is 6.54 Å². The minimum Gasteiger partial charge on any atom is -0.493 e. The number of hydrogen-bond donors (Lipinski definition) is 1. The Morgan fingerprint density at radius 2 is 1.82 bits per heavy atom. The van der Waals surface area contributed by atoms with Gasteiger partial charge in [-0.3, -0.25) is 0 Å². The van der Waals surface area contributed by atoms with Crippen LogP contribution in [0.25, 0.3) is 0 Å². The fourth-order valence-electron chi connectivity index (χ4n) is 2.01. The summed E-state index contributed by atoms with van der Waals surface area (Å²) in [6.07, 6.45) is 0. The molecule has 0 aliphatic rings. The molecule has 0 saturated heterocycles. The van der Waals surface area contributed by atoms with Gasteiger partial charge in [0, 0.05) is 18.0 Å². The molecule has 1 aromatic carbocycles. The highest BCUT2D eigenvalue weighted by Gasteiger charge is 2.16. The van der Waals surface area contributed by atoms with E-state index >= 15 is 0 Å². The van der Waals surface area contributed by atoms with Gasteiger partial charge in [-0.2, -0.15) is 4.98 Å². The molecule has 1 heterocycles. The van der Waals surface area contributed by atoms with E-state index in [1.807, 2.05) is 26.0 Å². The molecule has 120 valence electrons. The number of hydrogen-bond acceptors (Lipinski definition) is 7. The van der Waals surface area contributed by atoms with Crippen LogP contribution in [0.3, 0.4) is 0 Å². The SMILES string of the molecule is COc1ccc(CNc2nc(C(C)C)no2)c(OC)c1OC. The lowest BCUT2D eigenvalue weighted by Crippen LogP contribution is -2.04. The van der Waals surface area contributed by atoms with E-state index in [0.717, 1.165) is 5.56 Å². The molecule has 0 saturated carbocycles. The fraction of sp³-hybridized carbons (Fsp3) is 0.467. The number of nitrogens with zero attached hydrogens (tertiary/aromatic N) is 2. The van der Waals surface area contributed by atoms with Crippen molar-refractivity contribution in [2.75, 3.05) is 26.6 Å². The Balaban J connectivity index is 2.18. The lowest BCUT2D eigenvalue weighted by Gasteiger charge is -2.15. The molecule has 0 amide bonds. The second-order valence-electron chi connectivity index (χ2n) is 4.96. The van der Waals surface area contributed by atoms with Gasteiger partial charge in [-0.05, 0) is 12.1 Å². The normalized spacial score (nSPS) is 10.6. The van der Waals surface area contributed by atoms with Crippen molar-refractivity contribution >= 4 is 6.01 Å². The van der Waals surface area contributed by atoms with Gasteiger partial charge in [0.1, 0.15) is 0 Å². The minimum absolute atomic E-state index is 0.218. The van der Waals surface area contributed by atoms with Gasteiger partial charge in [-0.25, -0.2) is 0 Å². The number of rotatable bonds is 7. The Bertz CT molecular complexity index is 625. The topological polar surface area (TPSA) is 78.6 Å². The highest BCUT2D eigenvalue weighted by Crippen LogP contribution is 2.39. The maximum atomic E-state index is 5.43. The van der Waals surface area contributed by atoms with E-state index in [0.29, 0.717) is 35.6 Å². The van der Waals surface area contributed by atoms with Crippen LogP contribution < -0.4 is 19.5 Å². The van der Waals surface area contributed by atoms with Crippen molar-refractivity contribution in [1.82, 2.24) is 10.1 Å². The molecule has 0 radical (unpaired) electrons. The van der Waals surface area contributed by atoms with Gasteiger partial charge < -0.3 is 24.1 Å². The van der Waals surface area contributed by atoms with Crippen molar-refractivity contribution in [2.24, 2.45) is 0 Å². The Morgan fingerprint density at radius 3 is 2.36 bits per heavy atom. The van der Waals surface area contributed by atoms with Crippen LogP contribution in [0.1, 0.15) is 31.2 Å². The van der Waals surface area contributed by atoms with E-state index in [4.69, 9.17) is 18.7 Å². The summed E-state index contributed by atoms with van der Waals surface area (Å²) in [5, 5.41) is 6.99. The molecule has 1 N–H and O–H groups in total. The van der Waals surface area contributed by atoms with Crippen LogP contribution in [0.2, 0.25) is 0 Å². The number of benzene rings is 1. The molecule has 22 heavy (non-hydrogen) atoms. The first-order chi connectivity index (χ1) is 10.6. The first kappa shape index (κ1) is 15.9. The van der Waals surface area contributed by atoms with Gasteiger partial charge >= 0.3 is 6.01 Å². The first-order valence-corrected chi connectivity index (χ1v) is 6.96. The van der Waals surface area contributed by atoms with Crippen LogP contribution in [0.15, 0.2) is 16.7 Å². The molecule has 0 atom stereocenters. The van der Waals surface area contributed by atoms with Gasteiger partial charge in [0.25, 0.3) is 0 Å². The lowest BCUT2D eigenvalue weighted by molar-refractivity contribution is 0.322. The molecule has 7 nitrogen and oxygen atoms in total. The van der Waals surface area contributed by atoms with Crippen molar-refractivity contribution in [2.45, 2.75) is 26.3 Å². The van der Waals surface area contributed by atoms with E-state index < -0.39 is 0 Å². The van der Waals surface area contributed by atoms with Crippen LogP contribution in [-0.4, -0.2) is 31.5 Å². The summed E-state index contributed by atoms with van der Waals surface area (Å²) in [4.78, 5) is 4.27. The monoisotopic (exact) mass is 307 g/mol. The van der Waals surface area contributed by atoms with E-state index in [9.17, 15) is 0 Å². The molecule has 0 bridgehead atoms. The van der Waals surface area contributed by atoms with Crippen molar-refractivity contribution < 1.29 is 18.7 Å². The average molecular weight is 307 g/mol. The summed E-state index contributed by atoms with van der Waals surface area (Å²) in [6.45, 7) is 4.47. The predicted octanol–water partition coefficient (Wildman–Crippen LogP) is 2.83. The maximum Gasteiger partial charge on any atom is 0.321 e. The molecular formula is C15H21N3O4. The Morgan fingerprint density at radius 1 is 1.09 bits per heavy atom. The summed E-state index contributed by atoms with van der Waals surface area (Å²) in [7, 11) is 4.75. The Hall–Kier alpha value is -2.44. The van der Waals surface area contributed by atoms with Crippen LogP contribution >= 0.6 is 0 Å². The number of anilines is 1.